The van der Waals surface area contributed by atoms with E-state index in [0.29, 0.717) is 50.1 Å². The number of rotatable bonds is 13. The molecule has 0 bridgehead atoms. The molecule has 0 saturated carbocycles. The third kappa shape index (κ3) is 7.81. The second kappa shape index (κ2) is 16.4. The fourth-order valence-electron chi connectivity index (χ4n) is 7.35. The number of aliphatic hydroxyl groups is 1. The van der Waals surface area contributed by atoms with Gasteiger partial charge in [0.1, 0.15) is 0 Å². The Morgan fingerprint density at radius 3 is 2.04 bits per heavy atom. The van der Waals surface area contributed by atoms with E-state index in [1.807, 2.05) is 0 Å². The molecule has 0 aliphatic carbocycles. The molecule has 4 aliphatic rings. The Kier molecular flexibility index (Phi) is 11.6. The number of unbranched alkanes of at least 4 members (excludes halogenated alkanes) is 2. The van der Waals surface area contributed by atoms with Crippen LogP contribution in [0.4, 0.5) is 21.0 Å². The summed E-state index contributed by atoms with van der Waals surface area (Å²) in [5.74, 6) is 0.248. The van der Waals surface area contributed by atoms with Gasteiger partial charge >= 0.3 is 19.7 Å². The van der Waals surface area contributed by atoms with Gasteiger partial charge in [-0.2, -0.15) is 0 Å². The maximum absolute atomic E-state index is 13.8. The van der Waals surface area contributed by atoms with E-state index in [4.69, 9.17) is 23.6 Å². The maximum Gasteiger partial charge on any atom is 0.411 e. The topological polar surface area (TPSA) is 168 Å². The van der Waals surface area contributed by atoms with Crippen LogP contribution < -0.4 is 28.7 Å². The van der Waals surface area contributed by atoms with Crippen molar-refractivity contribution < 1.29 is 53.0 Å². The van der Waals surface area contributed by atoms with Crippen LogP contribution in [0.5, 0.6) is 23.0 Å². The number of allylic oxidation sites excluding steroid dienone is 1. The Morgan fingerprint density at radius 1 is 0.873 bits per heavy atom. The van der Waals surface area contributed by atoms with Crippen molar-refractivity contribution in [3.05, 3.63) is 72.4 Å². The molecule has 16 heteroatoms. The normalized spacial score (nSPS) is 20.8. The van der Waals surface area contributed by atoms with Crippen LogP contribution in [0.1, 0.15) is 59.7 Å². The number of hydrogen-bond donors (Lipinski definition) is 2. The molecule has 2 saturated heterocycles. The van der Waals surface area contributed by atoms with Crippen molar-refractivity contribution in [2.75, 3.05) is 56.9 Å². The molecule has 1 radical (unpaired) electrons. The SMILES string of the molecule is C=CC(C)[B]OC(=O)N1c2cc(OCCCCCOc3cc4c(cc3OC)C(=O)N3CC(=C)CC3CN4C(=O)O)c(OC)cc2C(=O)N2CC(=C)C[C@@H]2[C@H]1O. The molecule has 2 aromatic carbocycles. The molecule has 2 aromatic rings. The largest absolute Gasteiger partial charge is 0.522 e. The van der Waals surface area contributed by atoms with E-state index in [2.05, 4.69) is 19.7 Å². The highest BCUT2D eigenvalue weighted by Crippen LogP contribution is 2.43. The van der Waals surface area contributed by atoms with E-state index in [1.54, 1.807) is 24.0 Å². The summed E-state index contributed by atoms with van der Waals surface area (Å²) in [5, 5.41) is 21.6. The predicted octanol–water partition coefficient (Wildman–Crippen LogP) is 5.26. The van der Waals surface area contributed by atoms with Gasteiger partial charge in [-0.1, -0.05) is 37.3 Å². The summed E-state index contributed by atoms with van der Waals surface area (Å²) >= 11 is 0. The molecular weight excluding hydrogens is 711 g/mol. The van der Waals surface area contributed by atoms with Crippen molar-refractivity contribution in [2.24, 2.45) is 0 Å². The summed E-state index contributed by atoms with van der Waals surface area (Å²) in [6, 6.07) is 5.05. The number of amides is 4. The molecule has 6 rings (SSSR count). The minimum Gasteiger partial charge on any atom is -0.522 e. The zero-order valence-electron chi connectivity index (χ0n) is 31.3. The summed E-state index contributed by atoms with van der Waals surface area (Å²) < 4.78 is 28.7. The van der Waals surface area contributed by atoms with E-state index < -0.39 is 24.5 Å². The lowest BCUT2D eigenvalue weighted by Crippen LogP contribution is -2.51. The van der Waals surface area contributed by atoms with Gasteiger partial charge in [-0.3, -0.25) is 14.5 Å². The quantitative estimate of drug-likeness (QED) is 0.155. The van der Waals surface area contributed by atoms with Gasteiger partial charge in [0.25, 0.3) is 11.8 Å². The molecule has 2 N–H and O–H groups in total. The van der Waals surface area contributed by atoms with Crippen molar-refractivity contribution >= 4 is 42.9 Å². The third-order valence-corrected chi connectivity index (χ3v) is 10.2. The number of benzene rings is 2. The van der Waals surface area contributed by atoms with E-state index in [1.165, 1.54) is 49.7 Å². The van der Waals surface area contributed by atoms with Crippen LogP contribution in [-0.4, -0.2) is 117 Å². The second-order valence-corrected chi connectivity index (χ2v) is 14.1. The fraction of sp³-hybridized carbons (Fsp3) is 0.436. The second-order valence-electron chi connectivity index (χ2n) is 14.1. The number of aliphatic hydroxyl groups excluding tert-OH is 1. The summed E-state index contributed by atoms with van der Waals surface area (Å²) in [4.78, 5) is 58.4. The van der Waals surface area contributed by atoms with E-state index in [9.17, 15) is 29.4 Å². The summed E-state index contributed by atoms with van der Waals surface area (Å²) in [5.41, 5.74) is 2.36. The smallest absolute Gasteiger partial charge is 0.411 e. The first-order chi connectivity index (χ1) is 26.4. The van der Waals surface area contributed by atoms with Crippen LogP contribution in [-0.2, 0) is 4.65 Å². The summed E-state index contributed by atoms with van der Waals surface area (Å²) in [6.07, 6.45) is 0.856. The van der Waals surface area contributed by atoms with Gasteiger partial charge in [-0.15, -0.1) is 6.58 Å². The summed E-state index contributed by atoms with van der Waals surface area (Å²) in [7, 11) is 4.21. The van der Waals surface area contributed by atoms with Gasteiger partial charge in [-0.25, -0.2) is 14.5 Å². The van der Waals surface area contributed by atoms with Crippen LogP contribution in [0.2, 0.25) is 5.82 Å². The molecular formula is C39H46BN4O11. The number of ether oxygens (including phenoxy) is 4. The molecule has 291 valence electrons. The number of carbonyl (C=O) groups excluding carboxylic acids is 3. The Hall–Kier alpha value is -5.64. The van der Waals surface area contributed by atoms with Crippen LogP contribution >= 0.6 is 0 Å². The van der Waals surface area contributed by atoms with Crippen molar-refractivity contribution in [3.8, 4) is 23.0 Å². The molecule has 4 amide bonds. The Morgan fingerprint density at radius 2 is 1.44 bits per heavy atom. The molecule has 15 nitrogen and oxygen atoms in total. The van der Waals surface area contributed by atoms with Gasteiger partial charge in [0.05, 0.1) is 68.6 Å². The molecule has 4 aliphatic heterocycles. The zero-order valence-corrected chi connectivity index (χ0v) is 31.3. The van der Waals surface area contributed by atoms with Crippen molar-refractivity contribution in [1.29, 1.82) is 0 Å². The zero-order chi connectivity index (χ0) is 39.6. The lowest BCUT2D eigenvalue weighted by atomic mass is 9.82. The van der Waals surface area contributed by atoms with E-state index >= 15 is 0 Å². The van der Waals surface area contributed by atoms with Gasteiger partial charge in [0.15, 0.2) is 29.2 Å². The Balaban J connectivity index is 1.11. The molecule has 0 aromatic heterocycles. The average molecular weight is 758 g/mol. The number of carbonyl (C=O) groups is 4. The van der Waals surface area contributed by atoms with Crippen LogP contribution in [0.25, 0.3) is 0 Å². The monoisotopic (exact) mass is 757 g/mol. The van der Waals surface area contributed by atoms with Crippen molar-refractivity contribution in [3.63, 3.8) is 0 Å². The number of hydrogen-bond acceptors (Lipinski definition) is 10. The Bertz CT molecular complexity index is 1900. The minimum absolute atomic E-state index is 0.120. The lowest BCUT2D eigenvalue weighted by molar-refractivity contribution is 0.0514. The average Bonchev–Trinajstić information content (AvgIpc) is 3.71. The first kappa shape index (κ1) is 39.1. The van der Waals surface area contributed by atoms with Gasteiger partial charge in [0.2, 0.25) is 0 Å². The fourth-order valence-corrected chi connectivity index (χ4v) is 7.35. The molecule has 4 heterocycles. The number of nitrogens with zero attached hydrogens (tertiary/aromatic N) is 4. The lowest BCUT2D eigenvalue weighted by Gasteiger charge is -2.31. The first-order valence-electron chi connectivity index (χ1n) is 18.2. The highest BCUT2D eigenvalue weighted by Gasteiger charge is 2.46. The van der Waals surface area contributed by atoms with Crippen LogP contribution in [0, 0.1) is 0 Å². The number of fused-ring (bicyclic) bond motifs is 4. The van der Waals surface area contributed by atoms with Crippen molar-refractivity contribution in [2.45, 2.75) is 63.2 Å². The van der Waals surface area contributed by atoms with Gasteiger partial charge in [-0.05, 0) is 50.1 Å². The number of methoxy groups -OCH3 is 2. The van der Waals surface area contributed by atoms with Gasteiger partial charge in [0, 0.05) is 25.2 Å². The molecule has 4 atom stereocenters. The predicted molar refractivity (Wildman–Crippen MR) is 204 cm³/mol. The number of carboxylic acid groups (broad SMARTS) is 1. The molecule has 0 spiro atoms. The first-order valence-corrected chi connectivity index (χ1v) is 18.2. The standard InChI is InChI=1S/C39H46BN4O11/c1-7-24(4)40-55-39(50)44-29-18-34(32(52-6)16-27(29)36(46)42-20-23(3)14-30(42)37(44)47)54-12-10-8-9-11-53-33-17-28-26(15-31(33)51-5)35(45)41-19-22(2)13-25(41)21-43(28)38(48)49/h7,15-18,24-25,30,37,47H,1-3,8-14,19-21H2,4-6H3,(H,48,49)/t24?,25?,30-,37-/m1/s1. The Labute approximate surface area is 320 Å². The van der Waals surface area contributed by atoms with Gasteiger partial charge < -0.3 is 43.6 Å². The van der Waals surface area contributed by atoms with Crippen LogP contribution in [0.3, 0.4) is 0 Å². The highest BCUT2D eigenvalue weighted by atomic mass is 16.5. The van der Waals surface area contributed by atoms with E-state index in [0.717, 1.165) is 16.0 Å². The summed E-state index contributed by atoms with van der Waals surface area (Å²) in [6.45, 7) is 14.7. The number of anilines is 2. The molecule has 2 unspecified atom stereocenters. The van der Waals surface area contributed by atoms with Crippen molar-refractivity contribution in [1.82, 2.24) is 9.80 Å². The molecule has 2 fully saturated rings. The molecule has 55 heavy (non-hydrogen) atoms. The van der Waals surface area contributed by atoms with E-state index in [-0.39, 0.29) is 84.0 Å². The maximum atomic E-state index is 13.8. The third-order valence-electron chi connectivity index (χ3n) is 10.2. The van der Waals surface area contributed by atoms with Crippen LogP contribution in [0.15, 0.2) is 61.2 Å². The minimum atomic E-state index is -1.42. The highest BCUT2D eigenvalue weighted by molar-refractivity contribution is 6.34.